The van der Waals surface area contributed by atoms with Crippen molar-refractivity contribution in [3.63, 3.8) is 0 Å². The number of hydrogen-bond donors (Lipinski definition) is 2. The molecule has 2 N–H and O–H groups in total. The standard InChI is InChI=1S/C13H13NO4/c1-18-9-6-8(13(2-3-13)12(16)17)4-7-5-10(15)14-11(7)9/h4,6H,2-3,5H2,1H3,(H,14,15)(H,16,17). The van der Waals surface area contributed by atoms with Gasteiger partial charge in [-0.05, 0) is 30.0 Å². The van der Waals surface area contributed by atoms with Gasteiger partial charge in [-0.2, -0.15) is 0 Å². The second-order valence-corrected chi connectivity index (χ2v) is 4.82. The molecule has 18 heavy (non-hydrogen) atoms. The number of benzene rings is 1. The molecule has 0 radical (unpaired) electrons. The molecule has 0 bridgehead atoms. The van der Waals surface area contributed by atoms with Crippen molar-refractivity contribution < 1.29 is 19.4 Å². The van der Waals surface area contributed by atoms with Gasteiger partial charge in [-0.15, -0.1) is 0 Å². The van der Waals surface area contributed by atoms with Crippen LogP contribution in [0.3, 0.4) is 0 Å². The van der Waals surface area contributed by atoms with Crippen LogP contribution < -0.4 is 10.1 Å². The van der Waals surface area contributed by atoms with E-state index in [0.29, 0.717) is 24.3 Å². The highest BCUT2D eigenvalue weighted by Gasteiger charge is 2.52. The van der Waals surface area contributed by atoms with Crippen LogP contribution in [-0.2, 0) is 21.4 Å². The Morgan fingerprint density at radius 3 is 2.72 bits per heavy atom. The molecule has 1 aliphatic carbocycles. The zero-order valence-corrected chi connectivity index (χ0v) is 9.95. The molecule has 0 saturated heterocycles. The van der Waals surface area contributed by atoms with E-state index in [-0.39, 0.29) is 12.3 Å². The summed E-state index contributed by atoms with van der Waals surface area (Å²) in [6, 6.07) is 3.54. The number of ether oxygens (including phenoxy) is 1. The van der Waals surface area contributed by atoms with Gasteiger partial charge in [-0.3, -0.25) is 9.59 Å². The summed E-state index contributed by atoms with van der Waals surface area (Å²) in [6.45, 7) is 0. The average molecular weight is 247 g/mol. The van der Waals surface area contributed by atoms with E-state index >= 15 is 0 Å². The summed E-state index contributed by atoms with van der Waals surface area (Å²) in [5.74, 6) is -0.344. The van der Waals surface area contributed by atoms with Crippen molar-refractivity contribution in [3.8, 4) is 5.75 Å². The summed E-state index contributed by atoms with van der Waals surface area (Å²) in [7, 11) is 1.52. The summed E-state index contributed by atoms with van der Waals surface area (Å²) < 4.78 is 5.24. The number of amides is 1. The first-order valence-electron chi connectivity index (χ1n) is 5.81. The molecule has 1 saturated carbocycles. The Kier molecular flexibility index (Phi) is 2.14. The van der Waals surface area contributed by atoms with Gasteiger partial charge < -0.3 is 15.2 Å². The summed E-state index contributed by atoms with van der Waals surface area (Å²) in [6.07, 6.45) is 1.58. The van der Waals surface area contributed by atoms with Crippen molar-refractivity contribution >= 4 is 17.6 Å². The monoisotopic (exact) mass is 247 g/mol. The second kappa shape index (κ2) is 3.48. The Morgan fingerprint density at radius 2 is 2.17 bits per heavy atom. The van der Waals surface area contributed by atoms with Crippen LogP contribution in [0.5, 0.6) is 5.75 Å². The van der Waals surface area contributed by atoms with Gasteiger partial charge in [0, 0.05) is 0 Å². The molecule has 5 heteroatoms. The summed E-state index contributed by atoms with van der Waals surface area (Å²) >= 11 is 0. The molecule has 1 amide bonds. The van der Waals surface area contributed by atoms with E-state index in [1.54, 1.807) is 6.07 Å². The Labute approximate surface area is 104 Å². The molecule has 1 aromatic carbocycles. The van der Waals surface area contributed by atoms with Crippen LogP contribution in [0.2, 0.25) is 0 Å². The molecular formula is C13H13NO4. The SMILES string of the molecule is COc1cc(C2(C(=O)O)CC2)cc2c1NC(=O)C2. The van der Waals surface area contributed by atoms with E-state index in [4.69, 9.17) is 4.74 Å². The highest BCUT2D eigenvalue weighted by molar-refractivity contribution is 6.01. The minimum Gasteiger partial charge on any atom is -0.495 e. The molecule has 1 aliphatic heterocycles. The van der Waals surface area contributed by atoms with Gasteiger partial charge in [-0.25, -0.2) is 0 Å². The summed E-state index contributed by atoms with van der Waals surface area (Å²) in [4.78, 5) is 22.7. The number of hydrogen-bond acceptors (Lipinski definition) is 3. The zero-order valence-electron chi connectivity index (χ0n) is 9.95. The fourth-order valence-electron chi connectivity index (χ4n) is 2.50. The van der Waals surface area contributed by atoms with E-state index in [1.807, 2.05) is 6.07 Å². The molecule has 1 heterocycles. The maximum absolute atomic E-state index is 11.4. The highest BCUT2D eigenvalue weighted by Crippen LogP contribution is 2.51. The van der Waals surface area contributed by atoms with Crippen molar-refractivity contribution in [1.82, 2.24) is 0 Å². The van der Waals surface area contributed by atoms with Crippen molar-refractivity contribution in [2.24, 2.45) is 0 Å². The smallest absolute Gasteiger partial charge is 0.314 e. The van der Waals surface area contributed by atoms with Gasteiger partial charge in [0.15, 0.2) is 0 Å². The number of carboxylic acid groups (broad SMARTS) is 1. The third kappa shape index (κ3) is 1.40. The van der Waals surface area contributed by atoms with Gasteiger partial charge in [0.05, 0.1) is 24.6 Å². The number of methoxy groups -OCH3 is 1. The maximum atomic E-state index is 11.4. The van der Waals surface area contributed by atoms with Crippen LogP contribution in [0.25, 0.3) is 0 Å². The highest BCUT2D eigenvalue weighted by atomic mass is 16.5. The number of carbonyl (C=O) groups excluding carboxylic acids is 1. The molecule has 1 fully saturated rings. The van der Waals surface area contributed by atoms with Gasteiger partial charge in [-0.1, -0.05) is 6.07 Å². The van der Waals surface area contributed by atoms with E-state index in [9.17, 15) is 14.7 Å². The second-order valence-electron chi connectivity index (χ2n) is 4.82. The lowest BCUT2D eigenvalue weighted by atomic mass is 9.93. The lowest BCUT2D eigenvalue weighted by Crippen LogP contribution is -2.19. The average Bonchev–Trinajstić information content (AvgIpc) is 3.05. The lowest BCUT2D eigenvalue weighted by molar-refractivity contribution is -0.140. The Balaban J connectivity index is 2.12. The maximum Gasteiger partial charge on any atom is 0.314 e. The zero-order chi connectivity index (χ0) is 12.9. The van der Waals surface area contributed by atoms with E-state index in [1.165, 1.54) is 7.11 Å². The first kappa shape index (κ1) is 11.1. The molecule has 5 nitrogen and oxygen atoms in total. The molecule has 94 valence electrons. The van der Waals surface area contributed by atoms with Crippen LogP contribution in [0.4, 0.5) is 5.69 Å². The van der Waals surface area contributed by atoms with Crippen molar-refractivity contribution in [2.45, 2.75) is 24.7 Å². The predicted octanol–water partition coefficient (Wildman–Crippen LogP) is 1.31. The Morgan fingerprint density at radius 1 is 1.44 bits per heavy atom. The number of carboxylic acids is 1. The third-order valence-corrected chi connectivity index (χ3v) is 3.73. The van der Waals surface area contributed by atoms with Gasteiger partial charge >= 0.3 is 5.97 Å². The molecule has 0 spiro atoms. The molecule has 1 aromatic rings. The van der Waals surface area contributed by atoms with Crippen LogP contribution in [0, 0.1) is 0 Å². The molecule has 0 aromatic heterocycles. The molecular weight excluding hydrogens is 234 g/mol. The molecule has 2 aliphatic rings. The minimum absolute atomic E-state index is 0.0828. The van der Waals surface area contributed by atoms with Crippen LogP contribution in [0.1, 0.15) is 24.0 Å². The lowest BCUT2D eigenvalue weighted by Gasteiger charge is -2.14. The fourth-order valence-corrected chi connectivity index (χ4v) is 2.50. The molecule has 3 rings (SSSR count). The van der Waals surface area contributed by atoms with Crippen LogP contribution in [0.15, 0.2) is 12.1 Å². The van der Waals surface area contributed by atoms with Crippen LogP contribution in [-0.4, -0.2) is 24.1 Å². The van der Waals surface area contributed by atoms with Gasteiger partial charge in [0.25, 0.3) is 0 Å². The van der Waals surface area contributed by atoms with Gasteiger partial charge in [0.2, 0.25) is 5.91 Å². The van der Waals surface area contributed by atoms with Crippen LogP contribution >= 0.6 is 0 Å². The first-order valence-corrected chi connectivity index (χ1v) is 5.81. The molecule has 0 atom stereocenters. The van der Waals surface area contributed by atoms with Crippen molar-refractivity contribution in [2.75, 3.05) is 12.4 Å². The summed E-state index contributed by atoms with van der Waals surface area (Å²) in [5.41, 5.74) is 1.46. The number of fused-ring (bicyclic) bond motifs is 1. The summed E-state index contributed by atoms with van der Waals surface area (Å²) in [5, 5.41) is 12.0. The normalized spacial score (nSPS) is 19.1. The van der Waals surface area contributed by atoms with Crippen molar-refractivity contribution in [1.29, 1.82) is 0 Å². The molecule has 0 unspecified atom stereocenters. The number of nitrogens with one attached hydrogen (secondary N) is 1. The van der Waals surface area contributed by atoms with Gasteiger partial charge in [0.1, 0.15) is 5.75 Å². The van der Waals surface area contributed by atoms with E-state index < -0.39 is 11.4 Å². The third-order valence-electron chi connectivity index (χ3n) is 3.73. The van der Waals surface area contributed by atoms with Crippen molar-refractivity contribution in [3.05, 3.63) is 23.3 Å². The quantitative estimate of drug-likeness (QED) is 0.844. The number of rotatable bonds is 3. The van der Waals surface area contributed by atoms with E-state index in [0.717, 1.165) is 11.1 Å². The first-order chi connectivity index (χ1) is 8.56. The Bertz CT molecular complexity index is 560. The number of carbonyl (C=O) groups is 2. The van der Waals surface area contributed by atoms with E-state index in [2.05, 4.69) is 5.32 Å². The number of anilines is 1. The fraction of sp³-hybridized carbons (Fsp3) is 0.385. The predicted molar refractivity (Wildman–Crippen MR) is 63.9 cm³/mol. The number of aliphatic carboxylic acids is 1. The minimum atomic E-state index is -0.804. The largest absolute Gasteiger partial charge is 0.495 e. The Hall–Kier alpha value is -2.04. The topological polar surface area (TPSA) is 75.6 Å².